The van der Waals surface area contributed by atoms with Gasteiger partial charge in [0, 0.05) is 48.5 Å². The lowest BCUT2D eigenvalue weighted by molar-refractivity contribution is -0.119. The highest BCUT2D eigenvalue weighted by atomic mass is 16.5. The molecule has 34 heavy (non-hydrogen) atoms. The quantitative estimate of drug-likeness (QED) is 0.584. The summed E-state index contributed by atoms with van der Waals surface area (Å²) in [5.41, 5.74) is 11.6. The Bertz CT molecular complexity index is 1140. The number of carbonyl (C=O) groups excluding carboxylic acids is 1. The van der Waals surface area contributed by atoms with Gasteiger partial charge in [-0.3, -0.25) is 4.79 Å². The summed E-state index contributed by atoms with van der Waals surface area (Å²) in [6.45, 7) is 6.22. The first-order chi connectivity index (χ1) is 16.6. The van der Waals surface area contributed by atoms with Crippen molar-refractivity contribution in [3.8, 4) is 11.3 Å². The SMILES string of the molecule is Cc1cnc(Nc2ccc(N3CCOCC3)cc2)nc1-c1ccc(N2CCC[C@@H]2C(N)=O)cc1. The molecule has 0 unspecified atom stereocenters. The molecule has 5 rings (SSSR count). The maximum Gasteiger partial charge on any atom is 0.240 e. The standard InChI is InChI=1S/C26H30N6O2/c1-18-17-28-26(29-20-6-10-21(11-7-20)31-13-15-34-16-14-31)30-24(18)19-4-8-22(9-5-19)32-12-2-3-23(32)25(27)33/h4-11,17,23H,2-3,12-16H2,1H3,(H2,27,33)(H,28,29,30)/t23-/m1/s1. The molecular weight excluding hydrogens is 428 g/mol. The summed E-state index contributed by atoms with van der Waals surface area (Å²) in [6, 6.07) is 16.3. The summed E-state index contributed by atoms with van der Waals surface area (Å²) in [7, 11) is 0. The van der Waals surface area contributed by atoms with Crippen LogP contribution in [0.4, 0.5) is 23.0 Å². The molecule has 8 nitrogen and oxygen atoms in total. The Balaban J connectivity index is 1.31. The van der Waals surface area contributed by atoms with Crippen molar-refractivity contribution in [2.45, 2.75) is 25.8 Å². The van der Waals surface area contributed by atoms with Crippen LogP contribution in [0.1, 0.15) is 18.4 Å². The van der Waals surface area contributed by atoms with E-state index < -0.39 is 0 Å². The number of benzene rings is 2. The molecule has 0 bridgehead atoms. The number of primary amides is 1. The van der Waals surface area contributed by atoms with Crippen molar-refractivity contribution in [2.24, 2.45) is 5.73 Å². The summed E-state index contributed by atoms with van der Waals surface area (Å²) in [6.07, 6.45) is 3.62. The normalized spacial score (nSPS) is 18.2. The number of hydrogen-bond acceptors (Lipinski definition) is 7. The van der Waals surface area contributed by atoms with E-state index in [4.69, 9.17) is 15.5 Å². The van der Waals surface area contributed by atoms with Gasteiger partial charge in [-0.1, -0.05) is 12.1 Å². The molecule has 0 radical (unpaired) electrons. The Kier molecular flexibility index (Phi) is 6.31. The summed E-state index contributed by atoms with van der Waals surface area (Å²) >= 11 is 0. The first-order valence-electron chi connectivity index (χ1n) is 11.8. The zero-order valence-electron chi connectivity index (χ0n) is 19.4. The van der Waals surface area contributed by atoms with Crippen LogP contribution in [-0.4, -0.2) is 54.8 Å². The fourth-order valence-electron chi connectivity index (χ4n) is 4.68. The fraction of sp³-hybridized carbons (Fsp3) is 0.346. The highest BCUT2D eigenvalue weighted by Gasteiger charge is 2.29. The minimum atomic E-state index is -0.262. The third-order valence-electron chi connectivity index (χ3n) is 6.53. The molecule has 2 saturated heterocycles. The average Bonchev–Trinajstić information content (AvgIpc) is 3.37. The Morgan fingerprint density at radius 3 is 2.44 bits per heavy atom. The number of rotatable bonds is 6. The van der Waals surface area contributed by atoms with Crippen LogP contribution < -0.4 is 20.9 Å². The number of ether oxygens (including phenoxy) is 1. The molecular formula is C26H30N6O2. The van der Waals surface area contributed by atoms with Crippen LogP contribution in [0.5, 0.6) is 0 Å². The van der Waals surface area contributed by atoms with Crippen LogP contribution in [0, 0.1) is 6.92 Å². The van der Waals surface area contributed by atoms with E-state index in [1.165, 1.54) is 5.69 Å². The first-order valence-corrected chi connectivity index (χ1v) is 11.8. The smallest absolute Gasteiger partial charge is 0.240 e. The Hall–Kier alpha value is -3.65. The van der Waals surface area contributed by atoms with Crippen LogP contribution in [0.2, 0.25) is 0 Å². The molecule has 1 aromatic heterocycles. The summed E-state index contributed by atoms with van der Waals surface area (Å²) < 4.78 is 5.44. The summed E-state index contributed by atoms with van der Waals surface area (Å²) in [5, 5.41) is 3.32. The number of hydrogen-bond donors (Lipinski definition) is 2. The van der Waals surface area contributed by atoms with Gasteiger partial charge in [-0.05, 0) is 61.7 Å². The van der Waals surface area contributed by atoms with Crippen LogP contribution >= 0.6 is 0 Å². The molecule has 1 amide bonds. The molecule has 0 saturated carbocycles. The van der Waals surface area contributed by atoms with Gasteiger partial charge in [0.25, 0.3) is 0 Å². The monoisotopic (exact) mass is 458 g/mol. The number of carbonyl (C=O) groups is 1. The highest BCUT2D eigenvalue weighted by Crippen LogP contribution is 2.29. The zero-order valence-corrected chi connectivity index (χ0v) is 19.4. The van der Waals surface area contributed by atoms with Gasteiger partial charge < -0.3 is 25.6 Å². The zero-order chi connectivity index (χ0) is 23.5. The van der Waals surface area contributed by atoms with Crippen molar-refractivity contribution in [1.29, 1.82) is 0 Å². The molecule has 2 aliphatic rings. The molecule has 2 aromatic carbocycles. The van der Waals surface area contributed by atoms with Gasteiger partial charge in [0.05, 0.1) is 18.9 Å². The van der Waals surface area contributed by atoms with Crippen molar-refractivity contribution in [1.82, 2.24) is 9.97 Å². The van der Waals surface area contributed by atoms with Crippen LogP contribution in [0.25, 0.3) is 11.3 Å². The van der Waals surface area contributed by atoms with Crippen LogP contribution in [0.15, 0.2) is 54.7 Å². The summed E-state index contributed by atoms with van der Waals surface area (Å²) in [5.74, 6) is 0.291. The maximum absolute atomic E-state index is 11.8. The number of aryl methyl sites for hydroxylation is 1. The van der Waals surface area contributed by atoms with Gasteiger partial charge in [0.15, 0.2) is 0 Å². The van der Waals surface area contributed by atoms with E-state index in [9.17, 15) is 4.79 Å². The number of amides is 1. The topological polar surface area (TPSA) is 96.6 Å². The number of morpholine rings is 1. The predicted molar refractivity (Wildman–Crippen MR) is 135 cm³/mol. The first kappa shape index (κ1) is 22.2. The molecule has 2 fully saturated rings. The minimum absolute atomic E-state index is 0.225. The van der Waals surface area contributed by atoms with Gasteiger partial charge in [-0.2, -0.15) is 0 Å². The third-order valence-corrected chi connectivity index (χ3v) is 6.53. The minimum Gasteiger partial charge on any atom is -0.378 e. The van der Waals surface area contributed by atoms with E-state index in [0.29, 0.717) is 5.95 Å². The molecule has 8 heteroatoms. The predicted octanol–water partition coefficient (Wildman–Crippen LogP) is 3.49. The maximum atomic E-state index is 11.8. The van der Waals surface area contributed by atoms with E-state index in [1.807, 2.05) is 49.5 Å². The van der Waals surface area contributed by atoms with Crippen molar-refractivity contribution in [3.05, 3.63) is 60.3 Å². The Labute approximate surface area is 199 Å². The molecule has 176 valence electrons. The molecule has 2 aliphatic heterocycles. The largest absolute Gasteiger partial charge is 0.378 e. The van der Waals surface area contributed by atoms with Gasteiger partial charge in [-0.25, -0.2) is 9.97 Å². The second kappa shape index (κ2) is 9.69. The highest BCUT2D eigenvalue weighted by molar-refractivity contribution is 5.84. The third kappa shape index (κ3) is 4.68. The van der Waals surface area contributed by atoms with Crippen LogP contribution in [0.3, 0.4) is 0 Å². The van der Waals surface area contributed by atoms with Gasteiger partial charge >= 0.3 is 0 Å². The lowest BCUT2D eigenvalue weighted by Crippen LogP contribution is -2.40. The average molecular weight is 459 g/mol. The number of anilines is 4. The lowest BCUT2D eigenvalue weighted by Gasteiger charge is -2.28. The molecule has 1 atom stereocenters. The van der Waals surface area contributed by atoms with Gasteiger partial charge in [0.2, 0.25) is 11.9 Å². The molecule has 0 aliphatic carbocycles. The van der Waals surface area contributed by atoms with Crippen LogP contribution in [-0.2, 0) is 9.53 Å². The van der Waals surface area contributed by atoms with E-state index in [2.05, 4.69) is 32.2 Å². The Morgan fingerprint density at radius 2 is 1.74 bits per heavy atom. The molecule has 3 N–H and O–H groups in total. The van der Waals surface area contributed by atoms with E-state index in [1.54, 1.807) is 0 Å². The number of nitrogens with two attached hydrogens (primary N) is 1. The van der Waals surface area contributed by atoms with E-state index >= 15 is 0 Å². The van der Waals surface area contributed by atoms with Crippen molar-refractivity contribution >= 4 is 28.9 Å². The molecule has 0 spiro atoms. The number of aromatic nitrogens is 2. The van der Waals surface area contributed by atoms with Crippen molar-refractivity contribution in [3.63, 3.8) is 0 Å². The van der Waals surface area contributed by atoms with E-state index in [-0.39, 0.29) is 11.9 Å². The number of nitrogens with zero attached hydrogens (tertiary/aromatic N) is 4. The van der Waals surface area contributed by atoms with Gasteiger partial charge in [0.1, 0.15) is 6.04 Å². The number of nitrogens with one attached hydrogen (secondary N) is 1. The van der Waals surface area contributed by atoms with Crippen molar-refractivity contribution < 1.29 is 9.53 Å². The second-order valence-electron chi connectivity index (χ2n) is 8.80. The molecule has 3 aromatic rings. The summed E-state index contributed by atoms with van der Waals surface area (Å²) in [4.78, 5) is 25.4. The van der Waals surface area contributed by atoms with E-state index in [0.717, 1.165) is 73.9 Å². The fourth-order valence-corrected chi connectivity index (χ4v) is 4.68. The van der Waals surface area contributed by atoms with Crippen molar-refractivity contribution in [2.75, 3.05) is 48.0 Å². The Morgan fingerprint density at radius 1 is 1.03 bits per heavy atom. The lowest BCUT2D eigenvalue weighted by atomic mass is 10.1. The second-order valence-corrected chi connectivity index (χ2v) is 8.80. The molecule has 3 heterocycles. The van der Waals surface area contributed by atoms with Gasteiger partial charge in [-0.15, -0.1) is 0 Å².